The van der Waals surface area contributed by atoms with Gasteiger partial charge in [0.1, 0.15) is 0 Å². The molecule has 0 amide bonds. The SMILES string of the molecule is O=S1C=CC=C1c1ccccc1. The molecule has 1 nitrogen and oxygen atoms in total. The normalized spacial score (nSPS) is 21.0. The third-order valence-corrected chi connectivity index (χ3v) is 2.93. The van der Waals surface area contributed by atoms with Gasteiger partial charge in [-0.2, -0.15) is 0 Å². The van der Waals surface area contributed by atoms with Crippen molar-refractivity contribution >= 4 is 15.7 Å². The van der Waals surface area contributed by atoms with Crippen molar-refractivity contribution in [2.24, 2.45) is 0 Å². The Bertz CT molecular complexity index is 363. The maximum Gasteiger partial charge on any atom is 0.0782 e. The van der Waals surface area contributed by atoms with Gasteiger partial charge in [-0.25, -0.2) is 4.21 Å². The summed E-state index contributed by atoms with van der Waals surface area (Å²) in [4.78, 5) is 0.899. The molecule has 2 heteroatoms. The Balaban J connectivity index is 2.40. The molecule has 60 valence electrons. The number of hydrogen-bond donors (Lipinski definition) is 0. The van der Waals surface area contributed by atoms with E-state index in [0.717, 1.165) is 10.5 Å². The van der Waals surface area contributed by atoms with E-state index in [1.165, 1.54) is 0 Å². The van der Waals surface area contributed by atoms with Gasteiger partial charge >= 0.3 is 0 Å². The summed E-state index contributed by atoms with van der Waals surface area (Å²) in [6.45, 7) is 0. The molecule has 2 rings (SSSR count). The van der Waals surface area contributed by atoms with E-state index in [1.807, 2.05) is 42.5 Å². The molecule has 0 aromatic heterocycles. The lowest BCUT2D eigenvalue weighted by molar-refractivity contribution is 0.694. The Morgan fingerprint density at radius 3 is 2.42 bits per heavy atom. The Hall–Kier alpha value is -1.15. The van der Waals surface area contributed by atoms with Crippen molar-refractivity contribution in [2.45, 2.75) is 0 Å². The molecule has 1 aromatic carbocycles. The standard InChI is InChI=1S/C10H8OS/c11-12-8-4-7-10(12)9-5-2-1-3-6-9/h1-8H. The van der Waals surface area contributed by atoms with Crippen LogP contribution in [-0.2, 0) is 10.8 Å². The van der Waals surface area contributed by atoms with Crippen molar-refractivity contribution in [1.29, 1.82) is 0 Å². The van der Waals surface area contributed by atoms with Crippen LogP contribution in [0.2, 0.25) is 0 Å². The fourth-order valence-corrected chi connectivity index (χ4v) is 2.10. The van der Waals surface area contributed by atoms with Gasteiger partial charge in [0.05, 0.1) is 15.7 Å². The minimum Gasteiger partial charge on any atom is -0.250 e. The molecular weight excluding hydrogens is 168 g/mol. The summed E-state index contributed by atoms with van der Waals surface area (Å²) in [6, 6.07) is 9.79. The Morgan fingerprint density at radius 2 is 1.83 bits per heavy atom. The molecule has 1 atom stereocenters. The molecule has 1 aliphatic heterocycles. The first kappa shape index (κ1) is 7.50. The molecule has 0 bridgehead atoms. The molecule has 0 saturated heterocycles. The lowest BCUT2D eigenvalue weighted by atomic mass is 10.2. The van der Waals surface area contributed by atoms with Crippen LogP contribution < -0.4 is 0 Å². The average molecular weight is 176 g/mol. The molecule has 12 heavy (non-hydrogen) atoms. The second-order valence-corrected chi connectivity index (χ2v) is 3.83. The van der Waals surface area contributed by atoms with Gasteiger partial charge in [0.15, 0.2) is 0 Å². The molecule has 0 aliphatic carbocycles. The van der Waals surface area contributed by atoms with Gasteiger partial charge < -0.3 is 0 Å². The van der Waals surface area contributed by atoms with E-state index in [0.29, 0.717) is 0 Å². The summed E-state index contributed by atoms with van der Waals surface area (Å²) in [5, 5.41) is 1.70. The Kier molecular flexibility index (Phi) is 1.92. The molecule has 0 radical (unpaired) electrons. The van der Waals surface area contributed by atoms with E-state index >= 15 is 0 Å². The first-order chi connectivity index (χ1) is 5.88. The Morgan fingerprint density at radius 1 is 1.08 bits per heavy atom. The first-order valence-corrected chi connectivity index (χ1v) is 4.94. The fraction of sp³-hybridized carbons (Fsp3) is 0. The van der Waals surface area contributed by atoms with Crippen molar-refractivity contribution in [3.63, 3.8) is 0 Å². The number of rotatable bonds is 1. The molecule has 0 N–H and O–H groups in total. The third kappa shape index (κ3) is 1.25. The Labute approximate surface area is 73.9 Å². The topological polar surface area (TPSA) is 17.1 Å². The van der Waals surface area contributed by atoms with Gasteiger partial charge in [0.25, 0.3) is 0 Å². The molecule has 0 saturated carbocycles. The van der Waals surface area contributed by atoms with Crippen LogP contribution in [0.15, 0.2) is 47.9 Å². The second-order valence-electron chi connectivity index (χ2n) is 2.52. The van der Waals surface area contributed by atoms with Gasteiger partial charge in [-0.1, -0.05) is 36.4 Å². The molecule has 1 aliphatic rings. The summed E-state index contributed by atoms with van der Waals surface area (Å²) in [5.41, 5.74) is 1.04. The lowest BCUT2D eigenvalue weighted by Gasteiger charge is -1.98. The zero-order valence-corrected chi connectivity index (χ0v) is 7.25. The van der Waals surface area contributed by atoms with E-state index in [-0.39, 0.29) is 0 Å². The summed E-state index contributed by atoms with van der Waals surface area (Å²) < 4.78 is 11.3. The van der Waals surface area contributed by atoms with Crippen LogP contribution in [0.3, 0.4) is 0 Å². The third-order valence-electron chi connectivity index (χ3n) is 1.72. The van der Waals surface area contributed by atoms with E-state index in [2.05, 4.69) is 0 Å². The fourth-order valence-electron chi connectivity index (χ4n) is 1.15. The maximum absolute atomic E-state index is 11.3. The summed E-state index contributed by atoms with van der Waals surface area (Å²) in [7, 11) is -0.931. The lowest BCUT2D eigenvalue weighted by Crippen LogP contribution is -1.85. The van der Waals surface area contributed by atoms with E-state index in [9.17, 15) is 4.21 Å². The van der Waals surface area contributed by atoms with Crippen LogP contribution in [0, 0.1) is 0 Å². The zero-order chi connectivity index (χ0) is 8.39. The van der Waals surface area contributed by atoms with Crippen LogP contribution in [0.5, 0.6) is 0 Å². The molecule has 0 fully saturated rings. The maximum atomic E-state index is 11.3. The van der Waals surface area contributed by atoms with Crippen molar-refractivity contribution in [3.8, 4) is 0 Å². The average Bonchev–Trinajstić information content (AvgIpc) is 2.53. The molecular formula is C10H8OS. The van der Waals surface area contributed by atoms with Gasteiger partial charge in [-0.3, -0.25) is 0 Å². The van der Waals surface area contributed by atoms with Crippen LogP contribution in [0.4, 0.5) is 0 Å². The van der Waals surface area contributed by atoms with Gasteiger partial charge in [0.2, 0.25) is 0 Å². The molecule has 0 spiro atoms. The van der Waals surface area contributed by atoms with Crippen molar-refractivity contribution < 1.29 is 4.21 Å². The van der Waals surface area contributed by atoms with Gasteiger partial charge in [-0.15, -0.1) is 0 Å². The second kappa shape index (κ2) is 3.07. The zero-order valence-electron chi connectivity index (χ0n) is 6.44. The highest BCUT2D eigenvalue weighted by atomic mass is 32.2. The summed E-state index contributed by atoms with van der Waals surface area (Å²) in [6.07, 6.45) is 3.73. The van der Waals surface area contributed by atoms with E-state index in [4.69, 9.17) is 0 Å². The van der Waals surface area contributed by atoms with Gasteiger partial charge in [0, 0.05) is 5.41 Å². The highest BCUT2D eigenvalue weighted by Gasteiger charge is 2.09. The van der Waals surface area contributed by atoms with Crippen molar-refractivity contribution in [3.05, 3.63) is 53.5 Å². The highest BCUT2D eigenvalue weighted by Crippen LogP contribution is 2.22. The first-order valence-electron chi connectivity index (χ1n) is 3.72. The summed E-state index contributed by atoms with van der Waals surface area (Å²) in [5.74, 6) is 0. The largest absolute Gasteiger partial charge is 0.250 e. The smallest absolute Gasteiger partial charge is 0.0782 e. The van der Waals surface area contributed by atoms with Gasteiger partial charge in [-0.05, 0) is 11.6 Å². The monoisotopic (exact) mass is 176 g/mol. The molecule has 1 aromatic rings. The predicted molar refractivity (Wildman–Crippen MR) is 51.7 cm³/mol. The van der Waals surface area contributed by atoms with Crippen LogP contribution in [-0.4, -0.2) is 4.21 Å². The van der Waals surface area contributed by atoms with Crippen LogP contribution >= 0.6 is 0 Å². The quantitative estimate of drug-likeness (QED) is 0.641. The minimum absolute atomic E-state index is 0.899. The van der Waals surface area contributed by atoms with Crippen LogP contribution in [0.1, 0.15) is 5.56 Å². The van der Waals surface area contributed by atoms with Crippen molar-refractivity contribution in [1.82, 2.24) is 0 Å². The number of benzene rings is 1. The van der Waals surface area contributed by atoms with E-state index < -0.39 is 10.8 Å². The van der Waals surface area contributed by atoms with E-state index in [1.54, 1.807) is 5.41 Å². The van der Waals surface area contributed by atoms with Crippen molar-refractivity contribution in [2.75, 3.05) is 0 Å². The summed E-state index contributed by atoms with van der Waals surface area (Å²) >= 11 is 0. The molecule has 1 unspecified atom stereocenters. The number of hydrogen-bond acceptors (Lipinski definition) is 1. The van der Waals surface area contributed by atoms with Crippen LogP contribution in [0.25, 0.3) is 4.91 Å². The molecule has 1 heterocycles. The highest BCUT2D eigenvalue weighted by molar-refractivity contribution is 7.97. The minimum atomic E-state index is -0.931. The number of allylic oxidation sites excluding steroid dienone is 2. The predicted octanol–water partition coefficient (Wildman–Crippen LogP) is 2.30.